The fourth-order valence-corrected chi connectivity index (χ4v) is 3.42. The lowest BCUT2D eigenvalue weighted by atomic mass is 10.1. The average Bonchev–Trinajstić information content (AvgIpc) is 3.30. The Bertz CT molecular complexity index is 1030. The summed E-state index contributed by atoms with van der Waals surface area (Å²) < 4.78 is 35.7. The minimum atomic E-state index is -3.26. The highest BCUT2D eigenvalue weighted by molar-refractivity contribution is 6.30. The highest BCUT2D eigenvalue weighted by atomic mass is 35.5. The van der Waals surface area contributed by atoms with Gasteiger partial charge in [-0.15, -0.1) is 0 Å². The summed E-state index contributed by atoms with van der Waals surface area (Å²) >= 11 is 5.90. The molecule has 1 fully saturated rings. The Balaban J connectivity index is 1.42. The second-order valence-corrected chi connectivity index (χ2v) is 7.63. The molecule has 1 saturated heterocycles. The van der Waals surface area contributed by atoms with Gasteiger partial charge >= 0.3 is 6.11 Å². The highest BCUT2D eigenvalue weighted by Gasteiger charge is 2.34. The van der Waals surface area contributed by atoms with E-state index < -0.39 is 6.11 Å². The van der Waals surface area contributed by atoms with Crippen LogP contribution in [0.15, 0.2) is 53.1 Å². The van der Waals surface area contributed by atoms with Gasteiger partial charge < -0.3 is 14.2 Å². The summed E-state index contributed by atoms with van der Waals surface area (Å²) in [5.74, 6) is 0.541. The second-order valence-electron chi connectivity index (χ2n) is 7.19. The molecule has 9 heteroatoms. The minimum absolute atomic E-state index is 0.0108. The van der Waals surface area contributed by atoms with Gasteiger partial charge in [-0.1, -0.05) is 28.9 Å². The molecule has 0 spiro atoms. The van der Waals surface area contributed by atoms with E-state index in [1.807, 2.05) is 12.1 Å². The van der Waals surface area contributed by atoms with E-state index in [0.29, 0.717) is 42.3 Å². The summed E-state index contributed by atoms with van der Waals surface area (Å²) in [4.78, 5) is 18.5. The van der Waals surface area contributed by atoms with Crippen molar-refractivity contribution in [2.45, 2.75) is 31.9 Å². The van der Waals surface area contributed by atoms with E-state index >= 15 is 0 Å². The Morgan fingerprint density at radius 1 is 1.20 bits per heavy atom. The predicted molar refractivity (Wildman–Crippen MR) is 105 cm³/mol. The Morgan fingerprint density at radius 2 is 1.90 bits per heavy atom. The van der Waals surface area contributed by atoms with Crippen LogP contribution in [-0.2, 0) is 11.3 Å². The van der Waals surface area contributed by atoms with E-state index in [1.165, 1.54) is 12.1 Å². The van der Waals surface area contributed by atoms with E-state index in [1.54, 1.807) is 29.2 Å². The van der Waals surface area contributed by atoms with Crippen LogP contribution in [-0.4, -0.2) is 33.6 Å². The summed E-state index contributed by atoms with van der Waals surface area (Å²) in [5.41, 5.74) is 1.58. The van der Waals surface area contributed by atoms with Crippen molar-refractivity contribution in [1.82, 2.24) is 15.0 Å². The normalized spacial score (nSPS) is 16.9. The Morgan fingerprint density at radius 3 is 2.57 bits per heavy atom. The number of carbonyl (C=O) groups is 1. The highest BCUT2D eigenvalue weighted by Crippen LogP contribution is 2.30. The molecule has 1 aliphatic heterocycles. The number of ether oxygens (including phenoxy) is 1. The summed E-state index contributed by atoms with van der Waals surface area (Å²) in [6.07, 6.45) is -2.97. The third-order valence-corrected chi connectivity index (χ3v) is 4.95. The summed E-state index contributed by atoms with van der Waals surface area (Å²) in [6, 6.07) is 13.3. The molecule has 2 heterocycles. The molecule has 0 saturated carbocycles. The van der Waals surface area contributed by atoms with Gasteiger partial charge in [-0.3, -0.25) is 4.79 Å². The third-order valence-electron chi connectivity index (χ3n) is 4.70. The lowest BCUT2D eigenvalue weighted by Crippen LogP contribution is -2.24. The first-order valence-electron chi connectivity index (χ1n) is 9.30. The average molecular weight is 434 g/mol. The molecule has 2 aromatic carbocycles. The molecule has 1 atom stereocenters. The van der Waals surface area contributed by atoms with Gasteiger partial charge in [-0.2, -0.15) is 13.8 Å². The van der Waals surface area contributed by atoms with Crippen molar-refractivity contribution < 1.29 is 22.8 Å². The zero-order valence-electron chi connectivity index (χ0n) is 16.0. The summed E-state index contributed by atoms with van der Waals surface area (Å²) in [6.45, 7) is 1.63. The van der Waals surface area contributed by atoms with Crippen LogP contribution >= 0.6 is 11.6 Å². The first-order valence-corrected chi connectivity index (χ1v) is 9.68. The minimum Gasteiger partial charge on any atom is -0.433 e. The molecule has 1 aromatic heterocycles. The van der Waals surface area contributed by atoms with Crippen LogP contribution in [0, 0.1) is 0 Å². The lowest BCUT2D eigenvalue weighted by molar-refractivity contribution is -0.158. The number of carbonyl (C=O) groups excluding carboxylic acids is 1. The van der Waals surface area contributed by atoms with Gasteiger partial charge in [-0.05, 0) is 42.0 Å². The van der Waals surface area contributed by atoms with Crippen molar-refractivity contribution in [2.75, 3.05) is 6.54 Å². The molecule has 156 valence electrons. The first-order chi connectivity index (χ1) is 14.3. The van der Waals surface area contributed by atoms with Gasteiger partial charge in [0.1, 0.15) is 5.75 Å². The van der Waals surface area contributed by atoms with Crippen molar-refractivity contribution in [3.63, 3.8) is 0 Å². The van der Waals surface area contributed by atoms with E-state index in [4.69, 9.17) is 16.1 Å². The Labute approximate surface area is 176 Å². The number of rotatable bonds is 6. The van der Waals surface area contributed by atoms with Crippen LogP contribution in [0.2, 0.25) is 5.02 Å². The standard InChI is InChI=1S/C21H18ClF2N3O3/c1-21(23,24)29-17-8-4-14(5-9-17)19-25-20(30-26-19)15-10-18(28)27(12-15)11-13-2-6-16(22)7-3-13/h2-9,15H,10-12H2,1H3. The number of hydrogen-bond acceptors (Lipinski definition) is 5. The molecular weight excluding hydrogens is 416 g/mol. The number of aromatic nitrogens is 2. The van der Waals surface area contributed by atoms with Gasteiger partial charge in [0.15, 0.2) is 0 Å². The molecular formula is C21H18ClF2N3O3. The number of hydrogen-bond donors (Lipinski definition) is 0. The van der Waals surface area contributed by atoms with E-state index in [2.05, 4.69) is 14.9 Å². The van der Waals surface area contributed by atoms with Crippen LogP contribution in [0.4, 0.5) is 8.78 Å². The molecule has 30 heavy (non-hydrogen) atoms. The van der Waals surface area contributed by atoms with Gasteiger partial charge in [-0.25, -0.2) is 0 Å². The van der Waals surface area contributed by atoms with E-state index in [9.17, 15) is 13.6 Å². The van der Waals surface area contributed by atoms with E-state index in [0.717, 1.165) is 5.56 Å². The fraction of sp³-hybridized carbons (Fsp3) is 0.286. The first kappa shape index (κ1) is 20.3. The van der Waals surface area contributed by atoms with Gasteiger partial charge in [0.25, 0.3) is 0 Å². The molecule has 1 amide bonds. The van der Waals surface area contributed by atoms with Crippen molar-refractivity contribution in [3.05, 3.63) is 65.0 Å². The Hall–Kier alpha value is -3.00. The van der Waals surface area contributed by atoms with Crippen LogP contribution < -0.4 is 4.74 Å². The summed E-state index contributed by atoms with van der Waals surface area (Å²) in [7, 11) is 0. The molecule has 1 aliphatic rings. The lowest BCUT2D eigenvalue weighted by Gasteiger charge is -2.16. The van der Waals surface area contributed by atoms with Crippen molar-refractivity contribution in [2.24, 2.45) is 0 Å². The zero-order valence-corrected chi connectivity index (χ0v) is 16.8. The Kier molecular flexibility index (Phi) is 5.42. The smallest absolute Gasteiger partial charge is 0.394 e. The molecule has 6 nitrogen and oxygen atoms in total. The predicted octanol–water partition coefficient (Wildman–Crippen LogP) is 4.90. The molecule has 0 radical (unpaired) electrons. The van der Waals surface area contributed by atoms with Crippen molar-refractivity contribution >= 4 is 17.5 Å². The maximum Gasteiger partial charge on any atom is 0.394 e. The van der Waals surface area contributed by atoms with Crippen LogP contribution in [0.3, 0.4) is 0 Å². The number of halogens is 3. The molecule has 3 aromatic rings. The SMILES string of the molecule is CC(F)(F)Oc1ccc(-c2noc(C3CC(=O)N(Cc4ccc(Cl)cc4)C3)n2)cc1. The topological polar surface area (TPSA) is 68.5 Å². The van der Waals surface area contributed by atoms with Crippen molar-refractivity contribution in [3.8, 4) is 17.1 Å². The quantitative estimate of drug-likeness (QED) is 0.553. The van der Waals surface area contributed by atoms with Crippen LogP contribution in [0.25, 0.3) is 11.4 Å². The van der Waals surface area contributed by atoms with Gasteiger partial charge in [0.2, 0.25) is 17.6 Å². The molecule has 0 aliphatic carbocycles. The number of alkyl halides is 2. The third kappa shape index (κ3) is 4.76. The summed E-state index contributed by atoms with van der Waals surface area (Å²) in [5, 5.41) is 4.60. The van der Waals surface area contributed by atoms with Crippen LogP contribution in [0.1, 0.15) is 30.7 Å². The molecule has 1 unspecified atom stereocenters. The number of likely N-dealkylation sites (tertiary alicyclic amines) is 1. The van der Waals surface area contributed by atoms with Gasteiger partial charge in [0.05, 0.1) is 5.92 Å². The van der Waals surface area contributed by atoms with Crippen LogP contribution in [0.5, 0.6) is 5.75 Å². The van der Waals surface area contributed by atoms with E-state index in [-0.39, 0.29) is 24.0 Å². The monoisotopic (exact) mass is 433 g/mol. The number of amides is 1. The zero-order chi connectivity index (χ0) is 21.3. The van der Waals surface area contributed by atoms with Crippen molar-refractivity contribution in [1.29, 1.82) is 0 Å². The molecule has 0 bridgehead atoms. The van der Waals surface area contributed by atoms with Gasteiger partial charge in [0, 0.05) is 37.0 Å². The fourth-order valence-electron chi connectivity index (χ4n) is 3.30. The largest absolute Gasteiger partial charge is 0.433 e. The second kappa shape index (κ2) is 8.02. The maximum absolute atomic E-state index is 12.9. The number of nitrogens with zero attached hydrogens (tertiary/aromatic N) is 3. The maximum atomic E-state index is 12.9. The molecule has 0 N–H and O–H groups in total. The molecule has 4 rings (SSSR count). The number of benzene rings is 2.